The highest BCUT2D eigenvalue weighted by Crippen LogP contribution is 2.60. The summed E-state index contributed by atoms with van der Waals surface area (Å²) in [5, 5.41) is 0. The maximum absolute atomic E-state index is 13.9. The van der Waals surface area contributed by atoms with Gasteiger partial charge in [0.05, 0.1) is 5.41 Å². The van der Waals surface area contributed by atoms with Crippen LogP contribution in [0, 0.1) is 23.2 Å². The fourth-order valence-electron chi connectivity index (χ4n) is 5.16. The van der Waals surface area contributed by atoms with E-state index in [2.05, 4.69) is 11.3 Å². The number of ether oxygens (including phenoxy) is 2. The normalized spacial score (nSPS) is 32.3. The summed E-state index contributed by atoms with van der Waals surface area (Å²) in [6, 6.07) is 0. The Balaban J connectivity index is 1.58. The number of carbonyl (C=O) groups is 2. The molecule has 0 spiro atoms. The maximum atomic E-state index is 13.9. The molecule has 4 bridgehead atoms. The third-order valence-electron chi connectivity index (χ3n) is 6.12. The Morgan fingerprint density at radius 3 is 1.74 bits per heavy atom. The fourth-order valence-corrected chi connectivity index (χ4v) is 5.16. The van der Waals surface area contributed by atoms with Gasteiger partial charge in [0, 0.05) is 5.57 Å². The maximum Gasteiger partial charge on any atom is 0.346 e. The summed E-state index contributed by atoms with van der Waals surface area (Å²) in [4.78, 5) is 23.7. The summed E-state index contributed by atoms with van der Waals surface area (Å²) >= 11 is 0. The number of alkyl halides is 4. The Hall–Kier alpha value is -1.60. The van der Waals surface area contributed by atoms with Gasteiger partial charge in [0.15, 0.2) is 13.2 Å². The smallest absolute Gasteiger partial charge is 0.346 e. The first-order valence-corrected chi connectivity index (χ1v) is 9.20. The summed E-state index contributed by atoms with van der Waals surface area (Å²) in [6.07, 6.45) is 4.93. The highest BCUT2D eigenvalue weighted by Gasteiger charge is 2.60. The van der Waals surface area contributed by atoms with Crippen molar-refractivity contribution in [3.8, 4) is 0 Å². The van der Waals surface area contributed by atoms with E-state index in [9.17, 15) is 27.2 Å². The lowest BCUT2D eigenvalue weighted by atomic mass is 9.49. The van der Waals surface area contributed by atoms with Gasteiger partial charge in [0.25, 0.3) is 0 Å². The number of carbonyl (C=O) groups excluding carboxylic acids is 2. The highest BCUT2D eigenvalue weighted by molar-refractivity contribution is 5.86. The van der Waals surface area contributed by atoms with Crippen molar-refractivity contribution in [2.45, 2.75) is 57.3 Å². The van der Waals surface area contributed by atoms with E-state index in [0.717, 1.165) is 19.3 Å². The van der Waals surface area contributed by atoms with E-state index < -0.39 is 42.4 Å². The Bertz CT molecular complexity index is 608. The van der Waals surface area contributed by atoms with E-state index in [-0.39, 0.29) is 5.57 Å². The van der Waals surface area contributed by atoms with Crippen LogP contribution in [-0.4, -0.2) is 37.0 Å². The van der Waals surface area contributed by atoms with E-state index in [1.165, 1.54) is 6.92 Å². The number of hydrogen-bond donors (Lipinski definition) is 0. The number of rotatable bonds is 7. The Labute approximate surface area is 155 Å². The molecule has 0 aromatic carbocycles. The van der Waals surface area contributed by atoms with Crippen molar-refractivity contribution in [3.05, 3.63) is 12.2 Å². The molecule has 0 aromatic heterocycles. The van der Waals surface area contributed by atoms with Crippen LogP contribution >= 0.6 is 0 Å². The number of hydrogen-bond acceptors (Lipinski definition) is 4. The first-order valence-electron chi connectivity index (χ1n) is 9.20. The molecule has 4 aliphatic rings. The molecule has 4 nitrogen and oxygen atoms in total. The minimum atomic E-state index is -4.65. The lowest BCUT2D eigenvalue weighted by Crippen LogP contribution is -2.53. The monoisotopic (exact) mass is 392 g/mol. The molecular weight excluding hydrogens is 368 g/mol. The predicted molar refractivity (Wildman–Crippen MR) is 87.2 cm³/mol. The number of esters is 2. The molecule has 4 fully saturated rings. The lowest BCUT2D eigenvalue weighted by molar-refractivity contribution is -0.250. The van der Waals surface area contributed by atoms with Crippen molar-refractivity contribution in [3.63, 3.8) is 0 Å². The molecule has 0 radical (unpaired) electrons. The molecule has 152 valence electrons. The van der Waals surface area contributed by atoms with Gasteiger partial charge in [-0.1, -0.05) is 6.58 Å². The molecule has 27 heavy (non-hydrogen) atoms. The van der Waals surface area contributed by atoms with E-state index >= 15 is 0 Å². The molecule has 8 heteroatoms. The molecule has 0 amide bonds. The van der Waals surface area contributed by atoms with Gasteiger partial charge in [-0.15, -0.1) is 0 Å². The fraction of sp³-hybridized carbons (Fsp3) is 0.789. The van der Waals surface area contributed by atoms with Crippen LogP contribution in [-0.2, 0) is 19.1 Å². The SMILES string of the molecule is C=C(C)C(=O)OCC(F)(F)C(F)(F)COC(=O)C12CC3CC(CC(C3)C1)C2. The van der Waals surface area contributed by atoms with Gasteiger partial charge in [0.1, 0.15) is 0 Å². The zero-order valence-corrected chi connectivity index (χ0v) is 15.2. The second kappa shape index (κ2) is 6.78. The summed E-state index contributed by atoms with van der Waals surface area (Å²) in [7, 11) is 0. The lowest BCUT2D eigenvalue weighted by Gasteiger charge is -2.55. The Morgan fingerprint density at radius 1 is 0.926 bits per heavy atom. The molecule has 0 N–H and O–H groups in total. The average molecular weight is 392 g/mol. The molecule has 4 aliphatic carbocycles. The van der Waals surface area contributed by atoms with Crippen LogP contribution in [0.4, 0.5) is 17.6 Å². The quantitative estimate of drug-likeness (QED) is 0.371. The van der Waals surface area contributed by atoms with Gasteiger partial charge in [-0.25, -0.2) is 4.79 Å². The van der Waals surface area contributed by atoms with Gasteiger partial charge in [-0.05, 0) is 63.2 Å². The topological polar surface area (TPSA) is 52.6 Å². The zero-order valence-electron chi connectivity index (χ0n) is 15.2. The summed E-state index contributed by atoms with van der Waals surface area (Å²) < 4.78 is 64.3. The van der Waals surface area contributed by atoms with E-state index in [1.54, 1.807) is 0 Å². The van der Waals surface area contributed by atoms with Crippen molar-refractivity contribution < 1.29 is 36.6 Å². The first kappa shape index (κ1) is 20.1. The minimum Gasteiger partial charge on any atom is -0.459 e. The van der Waals surface area contributed by atoms with Crippen LogP contribution in [0.25, 0.3) is 0 Å². The van der Waals surface area contributed by atoms with Gasteiger partial charge >= 0.3 is 23.8 Å². The third kappa shape index (κ3) is 3.85. The van der Waals surface area contributed by atoms with Gasteiger partial charge in [-0.3, -0.25) is 4.79 Å². The molecule has 0 heterocycles. The largest absolute Gasteiger partial charge is 0.459 e. The summed E-state index contributed by atoms with van der Waals surface area (Å²) in [5.41, 5.74) is -0.977. The highest BCUT2D eigenvalue weighted by atomic mass is 19.3. The Morgan fingerprint density at radius 2 is 1.33 bits per heavy atom. The van der Waals surface area contributed by atoms with Crippen molar-refractivity contribution in [1.82, 2.24) is 0 Å². The predicted octanol–water partition coefficient (Wildman–Crippen LogP) is 4.14. The average Bonchev–Trinajstić information content (AvgIpc) is 2.56. The van der Waals surface area contributed by atoms with E-state index in [4.69, 9.17) is 4.74 Å². The molecule has 4 rings (SSSR count). The summed E-state index contributed by atoms with van der Waals surface area (Å²) in [6.45, 7) is 0.869. The third-order valence-corrected chi connectivity index (χ3v) is 6.12. The van der Waals surface area contributed by atoms with Crippen molar-refractivity contribution in [2.24, 2.45) is 23.2 Å². The van der Waals surface area contributed by atoms with Crippen LogP contribution in [0.15, 0.2) is 12.2 Å². The standard InChI is InChI=1S/C19H24F4O4/c1-11(2)15(24)26-9-18(20,21)19(22,23)10-27-16(25)17-6-12-3-13(7-17)5-14(4-12)8-17/h12-14H,1,3-10H2,2H3. The van der Waals surface area contributed by atoms with E-state index in [0.29, 0.717) is 37.0 Å². The van der Waals surface area contributed by atoms with Gasteiger partial charge in [-0.2, -0.15) is 17.6 Å². The number of halogens is 4. The molecule has 0 saturated heterocycles. The van der Waals surface area contributed by atoms with Crippen LogP contribution in [0.5, 0.6) is 0 Å². The second-order valence-corrected chi connectivity index (χ2v) is 8.54. The van der Waals surface area contributed by atoms with Crippen molar-refractivity contribution >= 4 is 11.9 Å². The zero-order chi connectivity index (χ0) is 20.0. The van der Waals surface area contributed by atoms with Crippen LogP contribution in [0.1, 0.15) is 45.4 Å². The van der Waals surface area contributed by atoms with Gasteiger partial charge in [0.2, 0.25) is 0 Å². The molecule has 0 aromatic rings. The van der Waals surface area contributed by atoms with Crippen molar-refractivity contribution in [2.75, 3.05) is 13.2 Å². The first-order chi connectivity index (χ1) is 12.4. The molecular formula is C19H24F4O4. The van der Waals surface area contributed by atoms with Crippen LogP contribution < -0.4 is 0 Å². The molecule has 4 saturated carbocycles. The van der Waals surface area contributed by atoms with Gasteiger partial charge < -0.3 is 9.47 Å². The van der Waals surface area contributed by atoms with E-state index in [1.807, 2.05) is 0 Å². The van der Waals surface area contributed by atoms with Crippen molar-refractivity contribution in [1.29, 1.82) is 0 Å². The van der Waals surface area contributed by atoms with Crippen LogP contribution in [0.3, 0.4) is 0 Å². The molecule has 0 unspecified atom stereocenters. The van der Waals surface area contributed by atoms with Crippen LogP contribution in [0.2, 0.25) is 0 Å². The second-order valence-electron chi connectivity index (χ2n) is 8.54. The Kier molecular flexibility index (Phi) is 5.06. The minimum absolute atomic E-state index is 0.178. The molecule has 0 atom stereocenters. The molecule has 0 aliphatic heterocycles. The summed E-state index contributed by atoms with van der Waals surface area (Å²) in [5.74, 6) is -10.1.